The maximum atomic E-state index is 5.09. The predicted octanol–water partition coefficient (Wildman–Crippen LogP) is 11.6. The minimum absolute atomic E-state index is 0.388. The lowest BCUT2D eigenvalue weighted by molar-refractivity contribution is 0.805. The Morgan fingerprint density at radius 3 is 1.00 bits per heavy atom. The SMILES string of the molecule is Cc1cc(C=Nc2c(C(C)C)cc(C(C)C)cc2C(C)C)nc(C=Nc2c(C(C)C)cc(C(C)C)cc2C(C)C)c1. The van der Waals surface area contributed by atoms with Gasteiger partial charge in [0.2, 0.25) is 0 Å². The van der Waals surface area contributed by atoms with Crippen molar-refractivity contribution >= 4 is 23.8 Å². The fourth-order valence-electron chi connectivity index (χ4n) is 5.25. The number of nitrogens with zero attached hydrogens (tertiary/aromatic N) is 3. The first-order valence-corrected chi connectivity index (χ1v) is 15.6. The molecule has 41 heavy (non-hydrogen) atoms. The van der Waals surface area contributed by atoms with Crippen LogP contribution < -0.4 is 0 Å². The molecular formula is C38H53N3. The van der Waals surface area contributed by atoms with Crippen LogP contribution in [0, 0.1) is 6.92 Å². The molecule has 3 heteroatoms. The molecule has 0 aliphatic heterocycles. The number of hydrogen-bond donors (Lipinski definition) is 0. The molecule has 1 heterocycles. The van der Waals surface area contributed by atoms with Crippen LogP contribution in [-0.4, -0.2) is 17.4 Å². The van der Waals surface area contributed by atoms with Crippen molar-refractivity contribution in [3.05, 3.63) is 86.7 Å². The summed E-state index contributed by atoms with van der Waals surface area (Å²) in [4.78, 5) is 15.1. The molecule has 0 atom stereocenters. The van der Waals surface area contributed by atoms with Gasteiger partial charge in [0.25, 0.3) is 0 Å². The van der Waals surface area contributed by atoms with Gasteiger partial charge in [-0.05, 0) is 93.5 Å². The van der Waals surface area contributed by atoms with Crippen LogP contribution in [0.2, 0.25) is 0 Å². The smallest absolute Gasteiger partial charge is 0.0823 e. The van der Waals surface area contributed by atoms with Crippen molar-refractivity contribution in [1.82, 2.24) is 4.98 Å². The Labute approximate surface area is 250 Å². The molecule has 220 valence electrons. The maximum Gasteiger partial charge on any atom is 0.0823 e. The van der Waals surface area contributed by atoms with Crippen LogP contribution in [0.25, 0.3) is 0 Å². The van der Waals surface area contributed by atoms with E-state index in [2.05, 4.69) is 126 Å². The third-order valence-corrected chi connectivity index (χ3v) is 7.86. The molecule has 3 rings (SSSR count). The molecule has 3 aromatic rings. The summed E-state index contributed by atoms with van der Waals surface area (Å²) >= 11 is 0. The summed E-state index contributed by atoms with van der Waals surface area (Å²) in [6.07, 6.45) is 3.87. The van der Waals surface area contributed by atoms with Crippen molar-refractivity contribution in [3.8, 4) is 0 Å². The highest BCUT2D eigenvalue weighted by Gasteiger charge is 2.18. The molecule has 0 N–H and O–H groups in total. The van der Waals surface area contributed by atoms with E-state index in [4.69, 9.17) is 15.0 Å². The minimum Gasteiger partial charge on any atom is -0.254 e. The van der Waals surface area contributed by atoms with Gasteiger partial charge >= 0.3 is 0 Å². The lowest BCUT2D eigenvalue weighted by Crippen LogP contribution is -2.02. The van der Waals surface area contributed by atoms with Gasteiger partial charge in [0, 0.05) is 0 Å². The van der Waals surface area contributed by atoms with Gasteiger partial charge in [0.1, 0.15) is 0 Å². The second kappa shape index (κ2) is 13.7. The number of aryl methyl sites for hydroxylation is 1. The fraction of sp³-hybridized carbons (Fsp3) is 0.500. The molecule has 0 bridgehead atoms. The average Bonchev–Trinajstić information content (AvgIpc) is 2.88. The summed E-state index contributed by atoms with van der Waals surface area (Å²) in [5, 5.41) is 0. The van der Waals surface area contributed by atoms with E-state index in [1.165, 1.54) is 33.4 Å². The van der Waals surface area contributed by atoms with E-state index in [1.807, 2.05) is 12.4 Å². The van der Waals surface area contributed by atoms with Crippen LogP contribution in [0.3, 0.4) is 0 Å². The molecule has 0 aliphatic rings. The van der Waals surface area contributed by atoms with Crippen molar-refractivity contribution < 1.29 is 0 Å². The third kappa shape index (κ3) is 8.03. The van der Waals surface area contributed by atoms with Crippen molar-refractivity contribution in [2.75, 3.05) is 0 Å². The second-order valence-corrected chi connectivity index (χ2v) is 13.5. The number of pyridine rings is 1. The molecule has 0 saturated heterocycles. The Balaban J connectivity index is 2.08. The summed E-state index contributed by atoms with van der Waals surface area (Å²) in [7, 11) is 0. The first kappa shape index (κ1) is 32.4. The summed E-state index contributed by atoms with van der Waals surface area (Å²) < 4.78 is 0. The zero-order valence-electron chi connectivity index (χ0n) is 27.9. The molecule has 0 spiro atoms. The first-order chi connectivity index (χ1) is 19.2. The van der Waals surface area contributed by atoms with Gasteiger partial charge < -0.3 is 0 Å². The van der Waals surface area contributed by atoms with E-state index in [9.17, 15) is 0 Å². The lowest BCUT2D eigenvalue weighted by Gasteiger charge is -2.20. The van der Waals surface area contributed by atoms with Gasteiger partial charge in [-0.3, -0.25) is 9.98 Å². The fourth-order valence-corrected chi connectivity index (χ4v) is 5.25. The second-order valence-electron chi connectivity index (χ2n) is 13.5. The Morgan fingerprint density at radius 2 is 0.756 bits per heavy atom. The maximum absolute atomic E-state index is 5.09. The standard InChI is InChI=1S/C38H53N3/c1-22(2)29-16-33(24(5)6)37(34(17-29)25(7)8)39-20-31-14-28(13)15-32(41-31)21-40-38-35(26(9)10)18-30(23(3)4)19-36(38)27(11)12/h14-27H,1-13H3. The van der Waals surface area contributed by atoms with E-state index in [-0.39, 0.29) is 0 Å². The van der Waals surface area contributed by atoms with Crippen LogP contribution in [-0.2, 0) is 0 Å². The van der Waals surface area contributed by atoms with Crippen LogP contribution in [0.1, 0.15) is 169 Å². The van der Waals surface area contributed by atoms with E-state index >= 15 is 0 Å². The highest BCUT2D eigenvalue weighted by atomic mass is 14.8. The van der Waals surface area contributed by atoms with Crippen molar-refractivity contribution in [2.45, 2.75) is 126 Å². The van der Waals surface area contributed by atoms with Gasteiger partial charge in [0.05, 0.1) is 35.2 Å². The summed E-state index contributed by atoms with van der Waals surface area (Å²) in [6, 6.07) is 13.6. The quantitative estimate of drug-likeness (QED) is 0.231. The van der Waals surface area contributed by atoms with Gasteiger partial charge in [0.15, 0.2) is 0 Å². The molecule has 2 aromatic carbocycles. The molecule has 0 unspecified atom stereocenters. The number of aliphatic imine (C=N–C) groups is 2. The predicted molar refractivity (Wildman–Crippen MR) is 181 cm³/mol. The number of hydrogen-bond acceptors (Lipinski definition) is 3. The van der Waals surface area contributed by atoms with Gasteiger partial charge in [-0.1, -0.05) is 107 Å². The molecule has 0 amide bonds. The molecule has 3 nitrogen and oxygen atoms in total. The van der Waals surface area contributed by atoms with Gasteiger partial charge in [-0.15, -0.1) is 0 Å². The zero-order chi connectivity index (χ0) is 30.6. The monoisotopic (exact) mass is 551 g/mol. The first-order valence-electron chi connectivity index (χ1n) is 15.6. The number of aromatic nitrogens is 1. The minimum atomic E-state index is 0.388. The molecule has 0 aliphatic carbocycles. The van der Waals surface area contributed by atoms with Crippen molar-refractivity contribution in [1.29, 1.82) is 0 Å². The van der Waals surface area contributed by atoms with Crippen LogP contribution in [0.15, 0.2) is 46.4 Å². The largest absolute Gasteiger partial charge is 0.254 e. The Hall–Kier alpha value is -3.07. The Morgan fingerprint density at radius 1 is 0.463 bits per heavy atom. The van der Waals surface area contributed by atoms with Crippen LogP contribution in [0.4, 0.5) is 11.4 Å². The zero-order valence-corrected chi connectivity index (χ0v) is 27.9. The van der Waals surface area contributed by atoms with Crippen molar-refractivity contribution in [2.24, 2.45) is 9.98 Å². The molecule has 1 aromatic heterocycles. The van der Waals surface area contributed by atoms with Gasteiger partial charge in [-0.25, -0.2) is 4.98 Å². The average molecular weight is 552 g/mol. The summed E-state index contributed by atoms with van der Waals surface area (Å²) in [6.45, 7) is 29.2. The topological polar surface area (TPSA) is 37.6 Å². The summed E-state index contributed by atoms with van der Waals surface area (Å²) in [5.74, 6) is 2.52. The normalized spacial score (nSPS) is 12.7. The molecule has 0 radical (unpaired) electrons. The third-order valence-electron chi connectivity index (χ3n) is 7.86. The Bertz CT molecular complexity index is 1240. The van der Waals surface area contributed by atoms with Gasteiger partial charge in [-0.2, -0.15) is 0 Å². The van der Waals surface area contributed by atoms with E-state index in [1.54, 1.807) is 0 Å². The van der Waals surface area contributed by atoms with E-state index < -0.39 is 0 Å². The lowest BCUT2D eigenvalue weighted by atomic mass is 9.87. The van der Waals surface area contributed by atoms with E-state index in [0.29, 0.717) is 35.5 Å². The molecular weight excluding hydrogens is 498 g/mol. The number of rotatable bonds is 10. The van der Waals surface area contributed by atoms with E-state index in [0.717, 1.165) is 28.3 Å². The number of benzene rings is 2. The highest BCUT2D eigenvalue weighted by Crippen LogP contribution is 2.39. The molecule has 0 fully saturated rings. The van der Waals surface area contributed by atoms with Crippen molar-refractivity contribution in [3.63, 3.8) is 0 Å². The van der Waals surface area contributed by atoms with Crippen LogP contribution in [0.5, 0.6) is 0 Å². The Kier molecular flexibility index (Phi) is 10.9. The van der Waals surface area contributed by atoms with Crippen LogP contribution >= 0.6 is 0 Å². The highest BCUT2D eigenvalue weighted by molar-refractivity contribution is 5.85. The molecule has 0 saturated carbocycles. The summed E-state index contributed by atoms with van der Waals surface area (Å²) in [5.41, 5.74) is 13.0.